The van der Waals surface area contributed by atoms with Gasteiger partial charge in [-0.25, -0.2) is 4.98 Å². The minimum absolute atomic E-state index is 0.668. The van der Waals surface area contributed by atoms with Gasteiger partial charge in [0.05, 0.1) is 42.1 Å². The zero-order valence-electron chi connectivity index (χ0n) is 12.9. The van der Waals surface area contributed by atoms with Crippen LogP contribution in [0.2, 0.25) is 0 Å². The van der Waals surface area contributed by atoms with E-state index in [4.69, 9.17) is 5.26 Å². The molecule has 0 saturated heterocycles. The van der Waals surface area contributed by atoms with Gasteiger partial charge in [-0.05, 0) is 31.5 Å². The predicted octanol–water partition coefficient (Wildman–Crippen LogP) is 2.82. The molecule has 0 aliphatic rings. The number of rotatable bonds is 3. The number of nitrogens with zero attached hydrogens (tertiary/aromatic N) is 5. The first-order valence-electron chi connectivity index (χ1n) is 7.10. The first-order valence-corrected chi connectivity index (χ1v) is 7.10. The normalized spacial score (nSPS) is 10.6. The summed E-state index contributed by atoms with van der Waals surface area (Å²) in [5.41, 5.74) is 6.10. The molecule has 2 heterocycles. The minimum atomic E-state index is 0.668. The number of hydrogen-bond donors (Lipinski definition) is 0. The van der Waals surface area contributed by atoms with Crippen molar-refractivity contribution in [2.75, 3.05) is 0 Å². The quantitative estimate of drug-likeness (QED) is 0.745. The van der Waals surface area contributed by atoms with Gasteiger partial charge in [0.1, 0.15) is 0 Å². The fourth-order valence-electron chi connectivity index (χ4n) is 2.67. The molecule has 5 heteroatoms. The van der Waals surface area contributed by atoms with E-state index in [0.29, 0.717) is 12.1 Å². The Balaban J connectivity index is 1.99. The zero-order chi connectivity index (χ0) is 15.7. The molecule has 1 aromatic carbocycles. The van der Waals surface area contributed by atoms with Crippen LogP contribution in [0.25, 0.3) is 11.1 Å². The van der Waals surface area contributed by atoms with Gasteiger partial charge in [-0.15, -0.1) is 0 Å². The van der Waals surface area contributed by atoms with Crippen molar-refractivity contribution in [3.63, 3.8) is 0 Å². The highest BCUT2D eigenvalue weighted by molar-refractivity contribution is 5.69. The van der Waals surface area contributed by atoms with Gasteiger partial charge in [0.15, 0.2) is 0 Å². The molecular formula is C17H17N5. The Morgan fingerprint density at radius 1 is 1.18 bits per heavy atom. The van der Waals surface area contributed by atoms with E-state index in [1.807, 2.05) is 53.7 Å². The van der Waals surface area contributed by atoms with Gasteiger partial charge < -0.3 is 4.57 Å². The van der Waals surface area contributed by atoms with Crippen molar-refractivity contribution in [2.24, 2.45) is 7.05 Å². The average molecular weight is 291 g/mol. The van der Waals surface area contributed by atoms with E-state index in [9.17, 15) is 0 Å². The maximum absolute atomic E-state index is 8.91. The second-order valence-electron chi connectivity index (χ2n) is 5.39. The van der Waals surface area contributed by atoms with Crippen LogP contribution in [0, 0.1) is 25.2 Å². The first-order chi connectivity index (χ1) is 10.6. The van der Waals surface area contributed by atoms with Crippen LogP contribution in [-0.4, -0.2) is 19.3 Å². The van der Waals surface area contributed by atoms with E-state index >= 15 is 0 Å². The van der Waals surface area contributed by atoms with E-state index in [1.165, 1.54) is 0 Å². The third kappa shape index (κ3) is 2.40. The second-order valence-corrected chi connectivity index (χ2v) is 5.39. The van der Waals surface area contributed by atoms with Crippen LogP contribution in [0.5, 0.6) is 0 Å². The third-order valence-corrected chi connectivity index (χ3v) is 3.91. The summed E-state index contributed by atoms with van der Waals surface area (Å²) < 4.78 is 4.00. The lowest BCUT2D eigenvalue weighted by atomic mass is 10.0. The lowest BCUT2D eigenvalue weighted by Gasteiger charge is -2.06. The van der Waals surface area contributed by atoms with Crippen molar-refractivity contribution in [1.82, 2.24) is 19.3 Å². The molecule has 0 N–H and O–H groups in total. The number of aryl methyl sites for hydroxylation is 2. The zero-order valence-corrected chi connectivity index (χ0v) is 12.9. The number of nitriles is 1. The van der Waals surface area contributed by atoms with Gasteiger partial charge in [-0.2, -0.15) is 10.4 Å². The molecule has 3 aromatic rings. The Bertz CT molecular complexity index is 846. The average Bonchev–Trinajstić information content (AvgIpc) is 3.04. The van der Waals surface area contributed by atoms with Gasteiger partial charge >= 0.3 is 0 Å². The van der Waals surface area contributed by atoms with Gasteiger partial charge in [-0.3, -0.25) is 4.68 Å². The lowest BCUT2D eigenvalue weighted by molar-refractivity contribution is 0.627. The first kappa shape index (κ1) is 14.1. The summed E-state index contributed by atoms with van der Waals surface area (Å²) in [6, 6.07) is 9.78. The lowest BCUT2D eigenvalue weighted by Crippen LogP contribution is -2.07. The topological polar surface area (TPSA) is 59.4 Å². The Hall–Kier alpha value is -2.87. The number of imidazole rings is 1. The Kier molecular flexibility index (Phi) is 3.51. The molecule has 2 aromatic heterocycles. The Labute approximate surface area is 129 Å². The van der Waals surface area contributed by atoms with Gasteiger partial charge in [0.25, 0.3) is 0 Å². The van der Waals surface area contributed by atoms with Crippen molar-refractivity contribution in [1.29, 1.82) is 5.26 Å². The highest BCUT2D eigenvalue weighted by atomic mass is 15.3. The third-order valence-electron chi connectivity index (χ3n) is 3.91. The van der Waals surface area contributed by atoms with Crippen LogP contribution in [0.3, 0.4) is 0 Å². The molecule has 0 aliphatic carbocycles. The predicted molar refractivity (Wildman–Crippen MR) is 84.2 cm³/mol. The van der Waals surface area contributed by atoms with Crippen LogP contribution < -0.4 is 0 Å². The fourth-order valence-corrected chi connectivity index (χ4v) is 2.67. The maximum Gasteiger partial charge on any atom is 0.0991 e. The molecule has 3 rings (SSSR count). The molecule has 0 fully saturated rings. The van der Waals surface area contributed by atoms with Crippen molar-refractivity contribution in [3.8, 4) is 17.2 Å². The van der Waals surface area contributed by atoms with E-state index in [2.05, 4.69) is 23.1 Å². The standard InChI is InChI=1S/C17H17N5/c1-12-17(15-6-4-14(8-18)5-7-15)13(2)22(20-12)10-16-9-19-11-21(16)3/h4-7,9,11H,10H2,1-3H3. The van der Waals surface area contributed by atoms with Crippen LogP contribution in [0.15, 0.2) is 36.8 Å². The van der Waals surface area contributed by atoms with Crippen molar-refractivity contribution >= 4 is 0 Å². The summed E-state index contributed by atoms with van der Waals surface area (Å²) in [4.78, 5) is 4.15. The molecule has 5 nitrogen and oxygen atoms in total. The summed E-state index contributed by atoms with van der Waals surface area (Å²) in [5, 5.41) is 13.6. The van der Waals surface area contributed by atoms with Gasteiger partial charge in [0, 0.05) is 18.3 Å². The van der Waals surface area contributed by atoms with Crippen LogP contribution >= 0.6 is 0 Å². The monoisotopic (exact) mass is 291 g/mol. The van der Waals surface area contributed by atoms with Crippen molar-refractivity contribution in [3.05, 3.63) is 59.4 Å². The molecule has 0 saturated carbocycles. The Morgan fingerprint density at radius 2 is 1.91 bits per heavy atom. The van der Waals surface area contributed by atoms with E-state index in [1.54, 1.807) is 6.33 Å². The molecular weight excluding hydrogens is 274 g/mol. The van der Waals surface area contributed by atoms with Crippen LogP contribution in [-0.2, 0) is 13.6 Å². The number of hydrogen-bond acceptors (Lipinski definition) is 3. The summed E-state index contributed by atoms with van der Waals surface area (Å²) in [7, 11) is 1.98. The number of aromatic nitrogens is 4. The van der Waals surface area contributed by atoms with Gasteiger partial charge in [0.2, 0.25) is 0 Å². The molecule has 0 atom stereocenters. The molecule has 0 unspecified atom stereocenters. The largest absolute Gasteiger partial charge is 0.336 e. The van der Waals surface area contributed by atoms with Crippen molar-refractivity contribution in [2.45, 2.75) is 20.4 Å². The molecule has 0 spiro atoms. The minimum Gasteiger partial charge on any atom is -0.336 e. The summed E-state index contributed by atoms with van der Waals surface area (Å²) in [6.45, 7) is 4.78. The molecule has 0 bridgehead atoms. The Morgan fingerprint density at radius 3 is 2.50 bits per heavy atom. The van der Waals surface area contributed by atoms with E-state index in [0.717, 1.165) is 28.2 Å². The second kappa shape index (κ2) is 5.49. The fraction of sp³-hybridized carbons (Fsp3) is 0.235. The molecule has 0 amide bonds. The molecule has 22 heavy (non-hydrogen) atoms. The molecule has 0 aliphatic heterocycles. The summed E-state index contributed by atoms with van der Waals surface area (Å²) in [5.74, 6) is 0. The number of benzene rings is 1. The highest BCUT2D eigenvalue weighted by Crippen LogP contribution is 2.27. The summed E-state index contributed by atoms with van der Waals surface area (Å²) in [6.07, 6.45) is 3.65. The van der Waals surface area contributed by atoms with Gasteiger partial charge in [-0.1, -0.05) is 12.1 Å². The summed E-state index contributed by atoms with van der Waals surface area (Å²) >= 11 is 0. The van der Waals surface area contributed by atoms with Crippen LogP contribution in [0.4, 0.5) is 0 Å². The van der Waals surface area contributed by atoms with E-state index < -0.39 is 0 Å². The highest BCUT2D eigenvalue weighted by Gasteiger charge is 2.14. The SMILES string of the molecule is Cc1nn(Cc2cncn2C)c(C)c1-c1ccc(C#N)cc1. The smallest absolute Gasteiger partial charge is 0.0991 e. The van der Waals surface area contributed by atoms with Crippen LogP contribution in [0.1, 0.15) is 22.6 Å². The molecule has 110 valence electrons. The molecule has 0 radical (unpaired) electrons. The van der Waals surface area contributed by atoms with E-state index in [-0.39, 0.29) is 0 Å². The van der Waals surface area contributed by atoms with Crippen molar-refractivity contribution < 1.29 is 0 Å². The maximum atomic E-state index is 8.91.